The van der Waals surface area contributed by atoms with E-state index in [2.05, 4.69) is 30.2 Å². The monoisotopic (exact) mass is 174 g/mol. The van der Waals surface area contributed by atoms with Crippen LogP contribution >= 0.6 is 0 Å². The third kappa shape index (κ3) is 1.57. The van der Waals surface area contributed by atoms with Gasteiger partial charge in [0.1, 0.15) is 0 Å². The second-order valence-electron chi connectivity index (χ2n) is 3.54. The van der Waals surface area contributed by atoms with E-state index in [0.717, 1.165) is 6.42 Å². The van der Waals surface area contributed by atoms with Crippen LogP contribution in [0.25, 0.3) is 5.57 Å². The lowest BCUT2D eigenvalue weighted by Crippen LogP contribution is -1.99. The van der Waals surface area contributed by atoms with Crippen LogP contribution < -0.4 is 0 Å². The Labute approximate surface area is 78.6 Å². The molecule has 0 atom stereocenters. The van der Waals surface area contributed by atoms with E-state index >= 15 is 0 Å². The third-order valence-electron chi connectivity index (χ3n) is 2.51. The van der Waals surface area contributed by atoms with Crippen LogP contribution in [0.2, 0.25) is 0 Å². The van der Waals surface area contributed by atoms with E-state index in [0.29, 0.717) is 0 Å². The van der Waals surface area contributed by atoms with Crippen molar-refractivity contribution in [2.75, 3.05) is 0 Å². The Morgan fingerprint density at radius 1 is 1.31 bits per heavy atom. The van der Waals surface area contributed by atoms with Gasteiger partial charge in [-0.15, -0.1) is 0 Å². The van der Waals surface area contributed by atoms with Crippen molar-refractivity contribution in [3.8, 4) is 0 Å². The zero-order valence-corrected chi connectivity index (χ0v) is 8.12. The summed E-state index contributed by atoms with van der Waals surface area (Å²) < 4.78 is 1.93. The highest BCUT2D eigenvalue weighted by atomic mass is 15.3. The van der Waals surface area contributed by atoms with Crippen molar-refractivity contribution in [3.05, 3.63) is 35.7 Å². The molecule has 0 aromatic carbocycles. The molecule has 0 saturated carbocycles. The first-order valence-electron chi connectivity index (χ1n) is 4.62. The predicted molar refractivity (Wildman–Crippen MR) is 54.2 cm³/mol. The SMILES string of the molecule is CC1=CC=C(c2ccnn2C)CC1. The summed E-state index contributed by atoms with van der Waals surface area (Å²) in [5.74, 6) is 0. The maximum absolute atomic E-state index is 4.17. The van der Waals surface area contributed by atoms with Gasteiger partial charge in [0.15, 0.2) is 0 Å². The smallest absolute Gasteiger partial charge is 0.0638 e. The second kappa shape index (κ2) is 3.21. The molecule has 1 aliphatic carbocycles. The van der Waals surface area contributed by atoms with Gasteiger partial charge in [0, 0.05) is 13.2 Å². The van der Waals surface area contributed by atoms with Gasteiger partial charge in [-0.1, -0.05) is 17.7 Å². The molecule has 2 nitrogen and oxygen atoms in total. The Hall–Kier alpha value is -1.31. The van der Waals surface area contributed by atoms with Gasteiger partial charge in [0.25, 0.3) is 0 Å². The van der Waals surface area contributed by atoms with Crippen LogP contribution in [0, 0.1) is 0 Å². The maximum Gasteiger partial charge on any atom is 0.0638 e. The Morgan fingerprint density at radius 3 is 2.69 bits per heavy atom. The van der Waals surface area contributed by atoms with E-state index in [9.17, 15) is 0 Å². The molecule has 0 aliphatic heterocycles. The quantitative estimate of drug-likeness (QED) is 0.639. The van der Waals surface area contributed by atoms with Crippen LogP contribution in [0.5, 0.6) is 0 Å². The first-order chi connectivity index (χ1) is 6.27. The van der Waals surface area contributed by atoms with E-state index < -0.39 is 0 Å². The lowest BCUT2D eigenvalue weighted by atomic mass is 9.97. The summed E-state index contributed by atoms with van der Waals surface area (Å²) in [5.41, 5.74) is 4.10. The van der Waals surface area contributed by atoms with E-state index in [1.165, 1.54) is 23.3 Å². The highest BCUT2D eigenvalue weighted by Crippen LogP contribution is 2.25. The molecule has 13 heavy (non-hydrogen) atoms. The van der Waals surface area contributed by atoms with Gasteiger partial charge in [-0.05, 0) is 31.4 Å². The van der Waals surface area contributed by atoms with Crippen molar-refractivity contribution in [3.63, 3.8) is 0 Å². The van der Waals surface area contributed by atoms with Gasteiger partial charge >= 0.3 is 0 Å². The average molecular weight is 174 g/mol. The number of aromatic nitrogens is 2. The summed E-state index contributed by atoms with van der Waals surface area (Å²) in [6.07, 6.45) is 8.57. The molecule has 0 bridgehead atoms. The average Bonchev–Trinajstić information content (AvgIpc) is 2.53. The molecule has 0 radical (unpaired) electrons. The van der Waals surface area contributed by atoms with E-state index in [-0.39, 0.29) is 0 Å². The molecule has 1 heterocycles. The highest BCUT2D eigenvalue weighted by Gasteiger charge is 2.08. The number of aryl methyl sites for hydroxylation is 1. The van der Waals surface area contributed by atoms with Gasteiger partial charge in [-0.25, -0.2) is 0 Å². The molecule has 1 aliphatic rings. The summed E-state index contributed by atoms with van der Waals surface area (Å²) in [5, 5.41) is 4.17. The Kier molecular flexibility index (Phi) is 2.05. The van der Waals surface area contributed by atoms with Crippen LogP contribution in [0.15, 0.2) is 30.0 Å². The fraction of sp³-hybridized carbons (Fsp3) is 0.364. The lowest BCUT2D eigenvalue weighted by Gasteiger charge is -2.11. The molecule has 1 aromatic rings. The summed E-state index contributed by atoms with van der Waals surface area (Å²) in [7, 11) is 1.99. The predicted octanol–water partition coefficient (Wildman–Crippen LogP) is 2.54. The van der Waals surface area contributed by atoms with Crippen molar-refractivity contribution >= 4 is 5.57 Å². The maximum atomic E-state index is 4.17. The van der Waals surface area contributed by atoms with Gasteiger partial charge in [0.05, 0.1) is 5.69 Å². The number of hydrogen-bond acceptors (Lipinski definition) is 1. The third-order valence-corrected chi connectivity index (χ3v) is 2.51. The molecule has 0 N–H and O–H groups in total. The molecule has 1 aromatic heterocycles. The number of rotatable bonds is 1. The largest absolute Gasteiger partial charge is 0.268 e. The molecular formula is C11H14N2. The van der Waals surface area contributed by atoms with Gasteiger partial charge in [-0.3, -0.25) is 4.68 Å². The van der Waals surface area contributed by atoms with Crippen molar-refractivity contribution < 1.29 is 0 Å². The molecule has 68 valence electrons. The lowest BCUT2D eigenvalue weighted by molar-refractivity contribution is 0.750. The molecule has 0 amide bonds. The summed E-state index contributed by atoms with van der Waals surface area (Å²) in [6, 6.07) is 2.07. The molecule has 0 saturated heterocycles. The van der Waals surface area contributed by atoms with Crippen molar-refractivity contribution in [1.82, 2.24) is 9.78 Å². The fourth-order valence-corrected chi connectivity index (χ4v) is 1.64. The van der Waals surface area contributed by atoms with Crippen LogP contribution in [0.3, 0.4) is 0 Å². The number of allylic oxidation sites excluding steroid dienone is 4. The molecular weight excluding hydrogens is 160 g/mol. The van der Waals surface area contributed by atoms with Crippen LogP contribution in [-0.4, -0.2) is 9.78 Å². The number of hydrogen-bond donors (Lipinski definition) is 0. The molecule has 2 rings (SSSR count). The van der Waals surface area contributed by atoms with E-state index in [4.69, 9.17) is 0 Å². The molecule has 0 spiro atoms. The fourth-order valence-electron chi connectivity index (χ4n) is 1.64. The van der Waals surface area contributed by atoms with Gasteiger partial charge in [0.2, 0.25) is 0 Å². The van der Waals surface area contributed by atoms with Gasteiger partial charge in [-0.2, -0.15) is 5.10 Å². The second-order valence-corrected chi connectivity index (χ2v) is 3.54. The minimum Gasteiger partial charge on any atom is -0.268 e. The molecule has 0 unspecified atom stereocenters. The summed E-state index contributed by atoms with van der Waals surface area (Å²) in [6.45, 7) is 2.18. The van der Waals surface area contributed by atoms with Crippen LogP contribution in [0.1, 0.15) is 25.5 Å². The Morgan fingerprint density at radius 2 is 2.15 bits per heavy atom. The van der Waals surface area contributed by atoms with Crippen LogP contribution in [0.4, 0.5) is 0 Å². The van der Waals surface area contributed by atoms with Gasteiger partial charge < -0.3 is 0 Å². The van der Waals surface area contributed by atoms with E-state index in [1.54, 1.807) is 0 Å². The highest BCUT2D eigenvalue weighted by molar-refractivity contribution is 5.66. The van der Waals surface area contributed by atoms with E-state index in [1.807, 2.05) is 17.9 Å². The summed E-state index contributed by atoms with van der Waals surface area (Å²) in [4.78, 5) is 0. The first-order valence-corrected chi connectivity index (χ1v) is 4.62. The summed E-state index contributed by atoms with van der Waals surface area (Å²) >= 11 is 0. The minimum absolute atomic E-state index is 1.14. The Bertz CT molecular complexity index is 369. The topological polar surface area (TPSA) is 17.8 Å². The Balaban J connectivity index is 2.33. The van der Waals surface area contributed by atoms with Crippen molar-refractivity contribution in [1.29, 1.82) is 0 Å². The molecule has 2 heteroatoms. The standard InChI is InChI=1S/C11H14N2/c1-9-3-5-10(6-4-9)11-7-8-12-13(11)2/h3,5,7-8H,4,6H2,1-2H3. The number of nitrogens with zero attached hydrogens (tertiary/aromatic N) is 2. The first kappa shape index (κ1) is 8.30. The van der Waals surface area contributed by atoms with Crippen molar-refractivity contribution in [2.24, 2.45) is 7.05 Å². The zero-order chi connectivity index (χ0) is 9.26. The minimum atomic E-state index is 1.14. The van der Waals surface area contributed by atoms with Crippen LogP contribution in [-0.2, 0) is 7.05 Å². The normalized spacial score (nSPS) is 16.8. The molecule has 0 fully saturated rings. The van der Waals surface area contributed by atoms with Crippen molar-refractivity contribution in [2.45, 2.75) is 19.8 Å². The zero-order valence-electron chi connectivity index (χ0n) is 8.12.